The van der Waals surface area contributed by atoms with Gasteiger partial charge in [0.2, 0.25) is 10.0 Å². The van der Waals surface area contributed by atoms with Crippen LogP contribution in [0.5, 0.6) is 0 Å². The lowest BCUT2D eigenvalue weighted by molar-refractivity contribution is 0.101. The van der Waals surface area contributed by atoms with Gasteiger partial charge in [0.25, 0.3) is 0 Å². The van der Waals surface area contributed by atoms with Gasteiger partial charge < -0.3 is 4.90 Å². The quantitative estimate of drug-likeness (QED) is 0.711. The van der Waals surface area contributed by atoms with Crippen LogP contribution in [-0.2, 0) is 10.0 Å². The molecule has 0 spiro atoms. The summed E-state index contributed by atoms with van der Waals surface area (Å²) in [7, 11) is -3.61. The molecule has 2 aromatic rings. The standard InChI is InChI=1S/C20H26N4O3S/c1-16(22-28(26,27)19-8-6-18(7-9-19)17(2)25)15-23-11-13-24(14-12-23)20-5-3-4-10-21-20/h3-10,16,22H,11-15H2,1-2H3. The predicted octanol–water partition coefficient (Wildman–Crippen LogP) is 1.77. The number of rotatable bonds is 7. The van der Waals surface area contributed by atoms with Gasteiger partial charge in [0.05, 0.1) is 4.90 Å². The molecule has 1 saturated heterocycles. The Bertz CT molecular complexity index is 893. The number of piperazine rings is 1. The zero-order valence-electron chi connectivity index (χ0n) is 16.2. The smallest absolute Gasteiger partial charge is 0.240 e. The third-order valence-corrected chi connectivity index (χ3v) is 6.41. The maximum Gasteiger partial charge on any atom is 0.240 e. The molecule has 1 aliphatic rings. The maximum absolute atomic E-state index is 12.6. The van der Waals surface area contributed by atoms with E-state index in [2.05, 4.69) is 19.5 Å². The molecule has 7 nitrogen and oxygen atoms in total. The number of carbonyl (C=O) groups is 1. The number of ketones is 1. The Balaban J connectivity index is 1.52. The molecule has 0 aliphatic carbocycles. The number of pyridine rings is 1. The Morgan fingerprint density at radius 2 is 1.79 bits per heavy atom. The molecule has 1 aliphatic heterocycles. The van der Waals surface area contributed by atoms with Crippen molar-refractivity contribution in [3.05, 3.63) is 54.2 Å². The fraction of sp³-hybridized carbons (Fsp3) is 0.400. The van der Waals surface area contributed by atoms with E-state index in [1.165, 1.54) is 19.1 Å². The number of carbonyl (C=O) groups excluding carboxylic acids is 1. The molecule has 1 N–H and O–H groups in total. The molecule has 150 valence electrons. The van der Waals surface area contributed by atoms with Crippen LogP contribution in [-0.4, -0.2) is 62.9 Å². The zero-order chi connectivity index (χ0) is 20.1. The van der Waals surface area contributed by atoms with Gasteiger partial charge in [-0.2, -0.15) is 0 Å². The van der Waals surface area contributed by atoms with Crippen molar-refractivity contribution in [3.8, 4) is 0 Å². The van der Waals surface area contributed by atoms with E-state index in [1.54, 1.807) is 18.3 Å². The van der Waals surface area contributed by atoms with Gasteiger partial charge in [0.15, 0.2) is 5.78 Å². The number of hydrogen-bond donors (Lipinski definition) is 1. The molecule has 1 aromatic heterocycles. The van der Waals surface area contributed by atoms with Gasteiger partial charge in [-0.25, -0.2) is 18.1 Å². The highest BCUT2D eigenvalue weighted by molar-refractivity contribution is 7.89. The van der Waals surface area contributed by atoms with E-state index >= 15 is 0 Å². The lowest BCUT2D eigenvalue weighted by Gasteiger charge is -2.36. The molecule has 0 bridgehead atoms. The third kappa shape index (κ3) is 5.15. The molecular formula is C20H26N4O3S. The molecule has 1 atom stereocenters. The second-order valence-corrected chi connectivity index (χ2v) is 8.79. The summed E-state index contributed by atoms with van der Waals surface area (Å²) in [6, 6.07) is 11.7. The Labute approximate surface area is 166 Å². The monoisotopic (exact) mass is 402 g/mol. The summed E-state index contributed by atoms with van der Waals surface area (Å²) in [6.45, 7) is 7.41. The number of aromatic nitrogens is 1. The van der Waals surface area contributed by atoms with Crippen molar-refractivity contribution in [2.45, 2.75) is 24.8 Å². The summed E-state index contributed by atoms with van der Waals surface area (Å²) in [4.78, 5) is 20.4. The van der Waals surface area contributed by atoms with Gasteiger partial charge in [-0.3, -0.25) is 9.69 Å². The van der Waals surface area contributed by atoms with Gasteiger partial charge >= 0.3 is 0 Å². The number of Topliss-reactive ketones (excluding diaryl/α,β-unsaturated/α-hetero) is 1. The molecule has 28 heavy (non-hydrogen) atoms. The Hall–Kier alpha value is -2.29. The molecular weight excluding hydrogens is 376 g/mol. The van der Waals surface area contributed by atoms with Gasteiger partial charge in [-0.05, 0) is 38.1 Å². The number of nitrogens with one attached hydrogen (secondary N) is 1. The Kier molecular flexibility index (Phi) is 6.43. The number of sulfonamides is 1. The van der Waals surface area contributed by atoms with Crippen LogP contribution < -0.4 is 9.62 Å². The van der Waals surface area contributed by atoms with Crippen molar-refractivity contribution in [1.29, 1.82) is 0 Å². The summed E-state index contributed by atoms with van der Waals surface area (Å²) >= 11 is 0. The minimum Gasteiger partial charge on any atom is -0.354 e. The second-order valence-electron chi connectivity index (χ2n) is 7.08. The summed E-state index contributed by atoms with van der Waals surface area (Å²) in [6.07, 6.45) is 1.79. The van der Waals surface area contributed by atoms with Gasteiger partial charge in [0, 0.05) is 50.5 Å². The third-order valence-electron chi connectivity index (χ3n) is 4.81. The average Bonchev–Trinajstić information content (AvgIpc) is 2.69. The number of benzene rings is 1. The van der Waals surface area contributed by atoms with Gasteiger partial charge in [-0.1, -0.05) is 18.2 Å². The molecule has 1 fully saturated rings. The van der Waals surface area contributed by atoms with Crippen LogP contribution in [0.3, 0.4) is 0 Å². The minimum absolute atomic E-state index is 0.0879. The van der Waals surface area contributed by atoms with E-state index in [9.17, 15) is 13.2 Å². The second kappa shape index (κ2) is 8.81. The first-order valence-corrected chi connectivity index (χ1v) is 10.8. The van der Waals surface area contributed by atoms with Gasteiger partial charge in [0.1, 0.15) is 5.82 Å². The summed E-state index contributed by atoms with van der Waals surface area (Å²) < 4.78 is 27.9. The lowest BCUT2D eigenvalue weighted by Crippen LogP contribution is -2.51. The fourth-order valence-electron chi connectivity index (χ4n) is 3.33. The highest BCUT2D eigenvalue weighted by Crippen LogP contribution is 2.14. The van der Waals surface area contributed by atoms with Crippen molar-refractivity contribution in [2.75, 3.05) is 37.6 Å². The first-order chi connectivity index (χ1) is 13.3. The molecule has 0 amide bonds. The number of anilines is 1. The normalized spacial score (nSPS) is 16.7. The van der Waals surface area contributed by atoms with E-state index in [1.807, 2.05) is 25.1 Å². The maximum atomic E-state index is 12.6. The van der Waals surface area contributed by atoms with Crippen LogP contribution in [0.2, 0.25) is 0 Å². The topological polar surface area (TPSA) is 82.6 Å². The van der Waals surface area contributed by atoms with E-state index in [-0.39, 0.29) is 16.7 Å². The van der Waals surface area contributed by atoms with Crippen molar-refractivity contribution in [1.82, 2.24) is 14.6 Å². The van der Waals surface area contributed by atoms with Crippen LogP contribution >= 0.6 is 0 Å². The van der Waals surface area contributed by atoms with Crippen molar-refractivity contribution < 1.29 is 13.2 Å². The van der Waals surface area contributed by atoms with Crippen LogP contribution in [0.1, 0.15) is 24.2 Å². The van der Waals surface area contributed by atoms with Crippen molar-refractivity contribution in [3.63, 3.8) is 0 Å². The Morgan fingerprint density at radius 1 is 1.11 bits per heavy atom. The molecule has 0 saturated carbocycles. The SMILES string of the molecule is CC(=O)c1ccc(S(=O)(=O)NC(C)CN2CCN(c3ccccn3)CC2)cc1. The molecule has 3 rings (SSSR count). The predicted molar refractivity (Wildman–Crippen MR) is 109 cm³/mol. The van der Waals surface area contributed by atoms with E-state index in [0.29, 0.717) is 12.1 Å². The summed E-state index contributed by atoms with van der Waals surface area (Å²) in [5.74, 6) is 0.889. The Morgan fingerprint density at radius 3 is 2.36 bits per heavy atom. The molecule has 1 unspecified atom stereocenters. The van der Waals surface area contributed by atoms with E-state index < -0.39 is 10.0 Å². The number of nitrogens with zero attached hydrogens (tertiary/aromatic N) is 3. The summed E-state index contributed by atoms with van der Waals surface area (Å²) in [5.41, 5.74) is 0.498. The van der Waals surface area contributed by atoms with Crippen LogP contribution in [0.25, 0.3) is 0 Å². The minimum atomic E-state index is -3.61. The highest BCUT2D eigenvalue weighted by Gasteiger charge is 2.22. The number of hydrogen-bond acceptors (Lipinski definition) is 6. The van der Waals surface area contributed by atoms with Crippen LogP contribution in [0.4, 0.5) is 5.82 Å². The molecule has 2 heterocycles. The summed E-state index contributed by atoms with van der Waals surface area (Å²) in [5, 5.41) is 0. The molecule has 0 radical (unpaired) electrons. The molecule has 8 heteroatoms. The largest absolute Gasteiger partial charge is 0.354 e. The van der Waals surface area contributed by atoms with Crippen LogP contribution in [0.15, 0.2) is 53.6 Å². The zero-order valence-corrected chi connectivity index (χ0v) is 17.0. The fourth-order valence-corrected chi connectivity index (χ4v) is 4.56. The van der Waals surface area contributed by atoms with Gasteiger partial charge in [-0.15, -0.1) is 0 Å². The first kappa shape index (κ1) is 20.4. The average molecular weight is 403 g/mol. The van der Waals surface area contributed by atoms with E-state index in [0.717, 1.165) is 32.0 Å². The van der Waals surface area contributed by atoms with Crippen LogP contribution in [0, 0.1) is 0 Å². The van der Waals surface area contributed by atoms with Crippen molar-refractivity contribution in [2.24, 2.45) is 0 Å². The molecule has 1 aromatic carbocycles. The highest BCUT2D eigenvalue weighted by atomic mass is 32.2. The first-order valence-electron chi connectivity index (χ1n) is 9.37. The lowest BCUT2D eigenvalue weighted by atomic mass is 10.2. The van der Waals surface area contributed by atoms with E-state index in [4.69, 9.17) is 0 Å². The van der Waals surface area contributed by atoms with Crippen molar-refractivity contribution >= 4 is 21.6 Å².